The molecule has 1 atom stereocenters. The molecule has 0 aliphatic rings. The summed E-state index contributed by atoms with van der Waals surface area (Å²) in [7, 11) is 0. The van der Waals surface area contributed by atoms with Crippen molar-refractivity contribution in [3.8, 4) is 5.69 Å². The summed E-state index contributed by atoms with van der Waals surface area (Å²) in [6.45, 7) is 2.99. The van der Waals surface area contributed by atoms with Crippen molar-refractivity contribution in [2.75, 3.05) is 6.54 Å². The van der Waals surface area contributed by atoms with Gasteiger partial charge in [0.1, 0.15) is 5.01 Å². The van der Waals surface area contributed by atoms with Crippen molar-refractivity contribution in [2.45, 2.75) is 13.0 Å². The van der Waals surface area contributed by atoms with Crippen LogP contribution in [-0.4, -0.2) is 21.3 Å². The summed E-state index contributed by atoms with van der Waals surface area (Å²) in [5.41, 5.74) is 2.19. The molecule has 0 spiro atoms. The Balaban J connectivity index is 1.91. The van der Waals surface area contributed by atoms with Gasteiger partial charge in [-0.3, -0.25) is 0 Å². The molecule has 5 heteroatoms. The van der Waals surface area contributed by atoms with Gasteiger partial charge in [0.15, 0.2) is 0 Å². The van der Waals surface area contributed by atoms with Gasteiger partial charge in [0, 0.05) is 23.3 Å². The summed E-state index contributed by atoms with van der Waals surface area (Å²) in [4.78, 5) is 4.41. The molecule has 20 heavy (non-hydrogen) atoms. The maximum absolute atomic E-state index is 4.45. The largest absolute Gasteiger partial charge is 0.304 e. The lowest BCUT2D eigenvalue weighted by atomic mass is 10.1. The molecule has 1 aromatic carbocycles. The summed E-state index contributed by atoms with van der Waals surface area (Å²) >= 11 is 1.66. The molecule has 0 saturated carbocycles. The van der Waals surface area contributed by atoms with Gasteiger partial charge in [0.25, 0.3) is 0 Å². The van der Waals surface area contributed by atoms with E-state index in [-0.39, 0.29) is 6.04 Å². The smallest absolute Gasteiger partial charge is 0.114 e. The van der Waals surface area contributed by atoms with Crippen LogP contribution in [0.3, 0.4) is 0 Å². The number of benzene rings is 1. The van der Waals surface area contributed by atoms with Crippen molar-refractivity contribution in [1.29, 1.82) is 0 Å². The zero-order chi connectivity index (χ0) is 13.8. The standard InChI is InChI=1S/C15H16N4S/c1-2-16-14(15-17-8-9-20-15)12-10-18-19(11-12)13-6-4-3-5-7-13/h3-11,14,16H,2H2,1H3. The highest BCUT2D eigenvalue weighted by atomic mass is 32.1. The minimum absolute atomic E-state index is 0.109. The molecule has 2 aromatic heterocycles. The Morgan fingerprint density at radius 1 is 1.30 bits per heavy atom. The number of thiazole rings is 1. The van der Waals surface area contributed by atoms with E-state index in [2.05, 4.69) is 28.5 Å². The van der Waals surface area contributed by atoms with E-state index < -0.39 is 0 Å². The van der Waals surface area contributed by atoms with Crippen LogP contribution in [0.15, 0.2) is 54.3 Å². The molecule has 1 unspecified atom stereocenters. The predicted molar refractivity (Wildman–Crippen MR) is 81.2 cm³/mol. The van der Waals surface area contributed by atoms with Crippen LogP contribution in [0.4, 0.5) is 0 Å². The molecular weight excluding hydrogens is 268 g/mol. The SMILES string of the molecule is CCNC(c1cnn(-c2ccccc2)c1)c1nccs1. The van der Waals surface area contributed by atoms with E-state index in [0.29, 0.717) is 0 Å². The third-order valence-electron chi connectivity index (χ3n) is 3.06. The molecule has 3 aromatic rings. The van der Waals surface area contributed by atoms with Crippen molar-refractivity contribution in [3.05, 3.63) is 64.9 Å². The van der Waals surface area contributed by atoms with Gasteiger partial charge in [0.05, 0.1) is 17.9 Å². The molecule has 1 N–H and O–H groups in total. The van der Waals surface area contributed by atoms with E-state index in [1.807, 2.05) is 52.8 Å². The Morgan fingerprint density at radius 3 is 2.85 bits per heavy atom. The Hall–Kier alpha value is -1.98. The number of nitrogens with zero attached hydrogens (tertiary/aromatic N) is 3. The summed E-state index contributed by atoms with van der Waals surface area (Å²) in [5, 5.41) is 11.0. The van der Waals surface area contributed by atoms with Gasteiger partial charge in [-0.25, -0.2) is 9.67 Å². The first-order valence-electron chi connectivity index (χ1n) is 6.61. The summed E-state index contributed by atoms with van der Waals surface area (Å²) in [6.07, 6.45) is 5.80. The lowest BCUT2D eigenvalue weighted by molar-refractivity contribution is 0.627. The van der Waals surface area contributed by atoms with Crippen molar-refractivity contribution >= 4 is 11.3 Å². The maximum Gasteiger partial charge on any atom is 0.114 e. The van der Waals surface area contributed by atoms with E-state index in [1.54, 1.807) is 11.3 Å². The fourth-order valence-electron chi connectivity index (χ4n) is 2.14. The highest BCUT2D eigenvalue weighted by Gasteiger charge is 2.17. The molecule has 102 valence electrons. The maximum atomic E-state index is 4.45. The summed E-state index contributed by atoms with van der Waals surface area (Å²) < 4.78 is 1.90. The first kappa shape index (κ1) is 13.0. The van der Waals surface area contributed by atoms with Gasteiger partial charge < -0.3 is 5.32 Å². The number of aromatic nitrogens is 3. The van der Waals surface area contributed by atoms with Crippen molar-refractivity contribution in [2.24, 2.45) is 0 Å². The normalized spacial score (nSPS) is 12.4. The van der Waals surface area contributed by atoms with Crippen LogP contribution in [0, 0.1) is 0 Å². The molecule has 4 nitrogen and oxygen atoms in total. The second-order valence-electron chi connectivity index (χ2n) is 4.41. The highest BCUT2D eigenvalue weighted by Crippen LogP contribution is 2.24. The second kappa shape index (κ2) is 5.98. The minimum Gasteiger partial charge on any atom is -0.304 e. The third-order valence-corrected chi connectivity index (χ3v) is 3.90. The molecule has 0 bridgehead atoms. The van der Waals surface area contributed by atoms with E-state index in [0.717, 1.165) is 22.8 Å². The molecule has 0 aliphatic carbocycles. The van der Waals surface area contributed by atoms with Crippen LogP contribution in [0.25, 0.3) is 5.69 Å². The van der Waals surface area contributed by atoms with Crippen molar-refractivity contribution < 1.29 is 0 Å². The van der Waals surface area contributed by atoms with Gasteiger partial charge >= 0.3 is 0 Å². The van der Waals surface area contributed by atoms with Gasteiger partial charge in [-0.15, -0.1) is 11.3 Å². The predicted octanol–water partition coefficient (Wildman–Crippen LogP) is 3.03. The van der Waals surface area contributed by atoms with E-state index in [4.69, 9.17) is 0 Å². The van der Waals surface area contributed by atoms with Crippen molar-refractivity contribution in [1.82, 2.24) is 20.1 Å². The quantitative estimate of drug-likeness (QED) is 0.783. The molecule has 0 amide bonds. The fourth-order valence-corrected chi connectivity index (χ4v) is 2.87. The van der Waals surface area contributed by atoms with Crippen LogP contribution in [0.5, 0.6) is 0 Å². The average Bonchev–Trinajstić information content (AvgIpc) is 3.17. The lowest BCUT2D eigenvalue weighted by Gasteiger charge is -2.13. The summed E-state index contributed by atoms with van der Waals surface area (Å²) in [6, 6.07) is 10.2. The number of nitrogens with one attached hydrogen (secondary N) is 1. The molecule has 3 rings (SSSR count). The second-order valence-corrected chi connectivity index (χ2v) is 5.34. The number of rotatable bonds is 5. The molecule has 2 heterocycles. The zero-order valence-corrected chi connectivity index (χ0v) is 12.0. The minimum atomic E-state index is 0.109. The average molecular weight is 284 g/mol. The molecule has 0 aliphatic heterocycles. The molecule has 0 fully saturated rings. The van der Waals surface area contributed by atoms with Crippen LogP contribution < -0.4 is 5.32 Å². The van der Waals surface area contributed by atoms with Crippen LogP contribution in [0.1, 0.15) is 23.5 Å². The fraction of sp³-hybridized carbons (Fsp3) is 0.200. The highest BCUT2D eigenvalue weighted by molar-refractivity contribution is 7.09. The van der Waals surface area contributed by atoms with Crippen molar-refractivity contribution in [3.63, 3.8) is 0 Å². The molecular formula is C15H16N4S. The lowest BCUT2D eigenvalue weighted by Crippen LogP contribution is -2.21. The van der Waals surface area contributed by atoms with Crippen LogP contribution >= 0.6 is 11.3 Å². The van der Waals surface area contributed by atoms with E-state index in [1.165, 1.54) is 0 Å². The van der Waals surface area contributed by atoms with Gasteiger partial charge in [-0.05, 0) is 18.7 Å². The Morgan fingerprint density at radius 2 is 2.15 bits per heavy atom. The molecule has 0 saturated heterocycles. The van der Waals surface area contributed by atoms with Gasteiger partial charge in [-0.1, -0.05) is 25.1 Å². The molecule has 0 radical (unpaired) electrons. The Kier molecular flexibility index (Phi) is 3.90. The first-order valence-corrected chi connectivity index (χ1v) is 7.49. The van der Waals surface area contributed by atoms with E-state index in [9.17, 15) is 0 Å². The van der Waals surface area contributed by atoms with E-state index >= 15 is 0 Å². The van der Waals surface area contributed by atoms with Crippen LogP contribution in [0.2, 0.25) is 0 Å². The van der Waals surface area contributed by atoms with Gasteiger partial charge in [-0.2, -0.15) is 5.10 Å². The summed E-state index contributed by atoms with van der Waals surface area (Å²) in [5.74, 6) is 0. The van der Waals surface area contributed by atoms with Gasteiger partial charge in [0.2, 0.25) is 0 Å². The topological polar surface area (TPSA) is 42.7 Å². The number of para-hydroxylation sites is 1. The number of hydrogen-bond donors (Lipinski definition) is 1. The van der Waals surface area contributed by atoms with Crippen LogP contribution in [-0.2, 0) is 0 Å². The monoisotopic (exact) mass is 284 g/mol. The Bertz CT molecular complexity index is 646. The number of hydrogen-bond acceptors (Lipinski definition) is 4. The third kappa shape index (κ3) is 2.64. The Labute approximate surface area is 122 Å². The first-order chi connectivity index (χ1) is 9.88. The zero-order valence-electron chi connectivity index (χ0n) is 11.2.